The monoisotopic (exact) mass is 389 g/mol. The van der Waals surface area contributed by atoms with Crippen molar-refractivity contribution >= 4 is 21.4 Å². The molecular weight excluding hydrogens is 369 g/mol. The molecule has 11 heteroatoms. The molecule has 0 amide bonds. The Labute approximate surface area is 149 Å². The predicted octanol–water partition coefficient (Wildman–Crippen LogP) is 1.45. The summed E-state index contributed by atoms with van der Waals surface area (Å²) in [6, 6.07) is 1.05. The van der Waals surface area contributed by atoms with Crippen molar-refractivity contribution in [2.24, 2.45) is 5.14 Å². The fourth-order valence-electron chi connectivity index (χ4n) is 3.36. The molecule has 1 aliphatic carbocycles. The third-order valence-corrected chi connectivity index (χ3v) is 5.98. The number of nitro benzene ring substituents is 1. The fourth-order valence-corrected chi connectivity index (χ4v) is 3.91. The smallest absolute Gasteiger partial charge is 0.297 e. The van der Waals surface area contributed by atoms with Crippen LogP contribution in [0.5, 0.6) is 5.75 Å². The minimum absolute atomic E-state index is 0.0640. The fraction of sp³-hybridized carbons (Fsp3) is 0.600. The molecule has 1 saturated carbocycles. The normalized spacial score (nSPS) is 31.5. The van der Waals surface area contributed by atoms with Crippen molar-refractivity contribution in [1.29, 1.82) is 0 Å². The van der Waals surface area contributed by atoms with Crippen molar-refractivity contribution in [2.45, 2.75) is 54.8 Å². The first-order chi connectivity index (χ1) is 11.9. The molecule has 0 aromatic heterocycles. The first-order valence-electron chi connectivity index (χ1n) is 8.07. The van der Waals surface area contributed by atoms with Crippen LogP contribution in [-0.2, 0) is 10.0 Å². The average molecular weight is 389 g/mol. The molecule has 1 unspecified atom stereocenters. The van der Waals surface area contributed by atoms with Crippen LogP contribution in [-0.4, -0.2) is 42.4 Å². The van der Waals surface area contributed by atoms with E-state index >= 15 is 4.39 Å². The number of nitro groups is 1. The second kappa shape index (κ2) is 6.03. The van der Waals surface area contributed by atoms with Gasteiger partial charge in [-0.2, -0.15) is 0 Å². The minimum Gasteiger partial charge on any atom is -0.489 e. The number of halogens is 1. The van der Waals surface area contributed by atoms with E-state index in [2.05, 4.69) is 5.32 Å². The molecule has 1 aliphatic heterocycles. The Balaban J connectivity index is 1.94. The molecule has 1 aromatic rings. The van der Waals surface area contributed by atoms with Crippen molar-refractivity contribution in [3.05, 3.63) is 22.2 Å². The molecule has 9 nitrogen and oxygen atoms in total. The van der Waals surface area contributed by atoms with Gasteiger partial charge in [-0.25, -0.2) is 17.9 Å². The number of nitrogens with one attached hydrogen (secondary N) is 1. The largest absolute Gasteiger partial charge is 0.489 e. The van der Waals surface area contributed by atoms with Crippen LogP contribution >= 0.6 is 0 Å². The lowest BCUT2D eigenvalue weighted by molar-refractivity contribution is -0.384. The number of ether oxygens (including phenoxy) is 1. The number of rotatable bonds is 3. The maximum atomic E-state index is 15.4. The van der Waals surface area contributed by atoms with Crippen LogP contribution < -0.4 is 15.2 Å². The van der Waals surface area contributed by atoms with Crippen LogP contribution in [0.1, 0.15) is 32.6 Å². The number of benzene rings is 1. The highest BCUT2D eigenvalue weighted by molar-refractivity contribution is 7.89. The van der Waals surface area contributed by atoms with Crippen LogP contribution in [0, 0.1) is 10.1 Å². The van der Waals surface area contributed by atoms with E-state index in [9.17, 15) is 23.6 Å². The molecule has 144 valence electrons. The highest BCUT2D eigenvalue weighted by Crippen LogP contribution is 2.45. The van der Waals surface area contributed by atoms with E-state index in [-0.39, 0.29) is 43.7 Å². The van der Waals surface area contributed by atoms with Crippen LogP contribution in [0.15, 0.2) is 17.0 Å². The quantitative estimate of drug-likeness (QED) is 0.524. The number of anilines is 1. The molecule has 1 fully saturated rings. The van der Waals surface area contributed by atoms with Gasteiger partial charge < -0.3 is 15.2 Å². The van der Waals surface area contributed by atoms with Gasteiger partial charge in [-0.3, -0.25) is 10.1 Å². The molecule has 4 N–H and O–H groups in total. The molecule has 3 rings (SSSR count). The van der Waals surface area contributed by atoms with Gasteiger partial charge in [0.25, 0.3) is 5.69 Å². The number of hydrogen-bond donors (Lipinski definition) is 3. The first kappa shape index (κ1) is 18.8. The van der Waals surface area contributed by atoms with E-state index in [0.717, 1.165) is 12.1 Å². The first-order valence-corrected chi connectivity index (χ1v) is 9.62. The number of nitrogens with two attached hydrogens (primary N) is 1. The summed E-state index contributed by atoms with van der Waals surface area (Å²) in [4.78, 5) is 10.1. The summed E-state index contributed by atoms with van der Waals surface area (Å²) in [5, 5.41) is 29.2. The van der Waals surface area contributed by atoms with Gasteiger partial charge in [0.1, 0.15) is 12.3 Å². The average Bonchev–Trinajstić information content (AvgIpc) is 2.55. The maximum Gasteiger partial charge on any atom is 0.297 e. The molecule has 1 heterocycles. The summed E-state index contributed by atoms with van der Waals surface area (Å²) in [6.07, 6.45) is 0.695. The van der Waals surface area contributed by atoms with Gasteiger partial charge in [-0.1, -0.05) is 0 Å². The lowest BCUT2D eigenvalue weighted by Crippen LogP contribution is -2.53. The van der Waals surface area contributed by atoms with Gasteiger partial charge in [0, 0.05) is 12.1 Å². The summed E-state index contributed by atoms with van der Waals surface area (Å²) in [5.74, 6) is -0.0640. The Morgan fingerprint density at radius 2 is 2.00 bits per heavy atom. The Morgan fingerprint density at radius 1 is 1.38 bits per heavy atom. The Morgan fingerprint density at radius 3 is 2.54 bits per heavy atom. The zero-order valence-electron chi connectivity index (χ0n) is 14.1. The van der Waals surface area contributed by atoms with E-state index in [1.165, 1.54) is 0 Å². The molecule has 0 spiro atoms. The van der Waals surface area contributed by atoms with Crippen LogP contribution in [0.2, 0.25) is 0 Å². The van der Waals surface area contributed by atoms with Crippen molar-refractivity contribution in [1.82, 2.24) is 0 Å². The maximum absolute atomic E-state index is 15.4. The second-order valence-electron chi connectivity index (χ2n) is 7.16. The number of hydrogen-bond acceptors (Lipinski definition) is 7. The van der Waals surface area contributed by atoms with Crippen LogP contribution in [0.25, 0.3) is 0 Å². The molecule has 1 aromatic carbocycles. The second-order valence-corrected chi connectivity index (χ2v) is 8.72. The number of nitrogens with zero attached hydrogens (tertiary/aromatic N) is 1. The summed E-state index contributed by atoms with van der Waals surface area (Å²) in [5.41, 5.74) is -3.26. The summed E-state index contributed by atoms with van der Waals surface area (Å²) < 4.78 is 43.8. The van der Waals surface area contributed by atoms with E-state index in [1.807, 2.05) is 0 Å². The van der Waals surface area contributed by atoms with Gasteiger partial charge in [0.15, 0.2) is 11.4 Å². The van der Waals surface area contributed by atoms with Crippen molar-refractivity contribution in [3.8, 4) is 5.75 Å². The Hall–Kier alpha value is -1.98. The number of sulfonamides is 1. The number of aliphatic hydroxyl groups is 1. The Bertz CT molecular complexity index is 847. The molecule has 0 saturated heterocycles. The standard InChI is InChI=1S/C15H20FN3O6S/c1-14(20)2-4-15(16,5-3-14)12-8-25-11-7-9(26(17,23)24)6-10(19(21)22)13(11)18-12/h6-7,12,18,20H,2-5,8H2,1H3,(H2,17,23,24). The molecule has 1 atom stereocenters. The summed E-state index contributed by atoms with van der Waals surface area (Å²) in [7, 11) is -4.17. The molecule has 2 aliphatic rings. The van der Waals surface area contributed by atoms with Gasteiger partial charge in [-0.15, -0.1) is 0 Å². The van der Waals surface area contributed by atoms with Crippen molar-refractivity contribution in [2.75, 3.05) is 11.9 Å². The van der Waals surface area contributed by atoms with Gasteiger partial charge in [-0.05, 0) is 32.6 Å². The van der Waals surface area contributed by atoms with Crippen LogP contribution in [0.3, 0.4) is 0 Å². The lowest BCUT2D eigenvalue weighted by Gasteiger charge is -2.43. The van der Waals surface area contributed by atoms with Crippen molar-refractivity contribution < 1.29 is 27.6 Å². The SMILES string of the molecule is CC1(O)CCC(F)(C2COc3cc(S(N)(=O)=O)cc([N+](=O)[O-])c3N2)CC1. The highest BCUT2D eigenvalue weighted by Gasteiger charge is 2.47. The third kappa shape index (κ3) is 3.46. The minimum atomic E-state index is -4.17. The topological polar surface area (TPSA) is 145 Å². The Kier molecular flexibility index (Phi) is 4.36. The zero-order valence-corrected chi connectivity index (χ0v) is 14.9. The van der Waals surface area contributed by atoms with Gasteiger partial charge in [0.2, 0.25) is 10.0 Å². The summed E-state index contributed by atoms with van der Waals surface area (Å²) in [6.45, 7) is 1.52. The number of fused-ring (bicyclic) bond motifs is 1. The molecule has 0 radical (unpaired) electrons. The molecular formula is C15H20FN3O6S. The third-order valence-electron chi connectivity index (χ3n) is 5.09. The number of primary sulfonamides is 1. The van der Waals surface area contributed by atoms with Gasteiger partial charge in [0.05, 0.1) is 21.5 Å². The van der Waals surface area contributed by atoms with E-state index < -0.39 is 42.8 Å². The summed E-state index contributed by atoms with van der Waals surface area (Å²) >= 11 is 0. The number of alkyl halides is 1. The molecule has 26 heavy (non-hydrogen) atoms. The predicted molar refractivity (Wildman–Crippen MR) is 90.3 cm³/mol. The lowest BCUT2D eigenvalue weighted by atomic mass is 9.74. The zero-order chi connectivity index (χ0) is 19.3. The highest BCUT2D eigenvalue weighted by atomic mass is 32.2. The van der Waals surface area contributed by atoms with Gasteiger partial charge >= 0.3 is 0 Å². The van der Waals surface area contributed by atoms with E-state index in [4.69, 9.17) is 9.88 Å². The van der Waals surface area contributed by atoms with E-state index in [0.29, 0.717) is 0 Å². The van der Waals surface area contributed by atoms with E-state index in [1.54, 1.807) is 6.92 Å². The molecule has 0 bridgehead atoms. The van der Waals surface area contributed by atoms with Crippen LogP contribution in [0.4, 0.5) is 15.8 Å². The van der Waals surface area contributed by atoms with Crippen molar-refractivity contribution in [3.63, 3.8) is 0 Å².